The van der Waals surface area contributed by atoms with Crippen LogP contribution in [0.3, 0.4) is 0 Å². The van der Waals surface area contributed by atoms with E-state index in [1.807, 2.05) is 0 Å². The Labute approximate surface area is 140 Å². The van der Waals surface area contributed by atoms with Crippen LogP contribution in [0.25, 0.3) is 0 Å². The summed E-state index contributed by atoms with van der Waals surface area (Å²) in [5, 5.41) is 3.71. The van der Waals surface area contributed by atoms with Crippen LogP contribution in [0.2, 0.25) is 0 Å². The summed E-state index contributed by atoms with van der Waals surface area (Å²) in [6, 6.07) is 3.30. The highest BCUT2D eigenvalue weighted by molar-refractivity contribution is 7.89. The van der Waals surface area contributed by atoms with Crippen LogP contribution < -0.4 is 0 Å². The molecule has 2 aromatic rings. The summed E-state index contributed by atoms with van der Waals surface area (Å²) in [5.41, 5.74) is 0.898. The highest BCUT2D eigenvalue weighted by Gasteiger charge is 2.34. The van der Waals surface area contributed by atoms with Gasteiger partial charge < -0.3 is 9.42 Å². The third-order valence-electron chi connectivity index (χ3n) is 4.02. The second kappa shape index (κ2) is 6.33. The van der Waals surface area contributed by atoms with Crippen molar-refractivity contribution in [2.24, 2.45) is 0 Å². The molecule has 0 saturated carbocycles. The number of sulfonamides is 1. The minimum Gasteiger partial charge on any atom is -0.360 e. The normalized spacial score (nSPS) is 16.3. The smallest absolute Gasteiger partial charge is 0.254 e. The van der Waals surface area contributed by atoms with Gasteiger partial charge in [-0.3, -0.25) is 9.78 Å². The number of piperazine rings is 1. The highest BCUT2D eigenvalue weighted by atomic mass is 32.2. The minimum absolute atomic E-state index is 0.119. The van der Waals surface area contributed by atoms with Crippen molar-refractivity contribution >= 4 is 15.9 Å². The molecule has 0 spiro atoms. The maximum Gasteiger partial charge on any atom is 0.254 e. The summed E-state index contributed by atoms with van der Waals surface area (Å²) in [7, 11) is -3.66. The summed E-state index contributed by atoms with van der Waals surface area (Å²) in [6.45, 7) is 4.34. The third kappa shape index (κ3) is 2.92. The van der Waals surface area contributed by atoms with Crippen LogP contribution in [0.1, 0.15) is 21.8 Å². The van der Waals surface area contributed by atoms with E-state index in [2.05, 4.69) is 10.1 Å². The monoisotopic (exact) mass is 350 g/mol. The highest BCUT2D eigenvalue weighted by Crippen LogP contribution is 2.24. The van der Waals surface area contributed by atoms with E-state index >= 15 is 0 Å². The molecule has 128 valence electrons. The number of aromatic nitrogens is 2. The number of hydrogen-bond acceptors (Lipinski definition) is 6. The molecule has 0 aromatic carbocycles. The standard InChI is InChI=1S/C15H18N4O4S/c1-11-14(12(2)23-17-11)24(21,22)19-9-7-18(8-10-19)15(20)13-3-5-16-6-4-13/h3-6H,7-10H2,1-2H3. The van der Waals surface area contributed by atoms with Gasteiger partial charge in [0.05, 0.1) is 0 Å². The van der Waals surface area contributed by atoms with Gasteiger partial charge in [0.2, 0.25) is 10.0 Å². The number of carbonyl (C=O) groups is 1. The third-order valence-corrected chi connectivity index (χ3v) is 6.16. The Kier molecular flexibility index (Phi) is 4.37. The van der Waals surface area contributed by atoms with Crippen LogP contribution >= 0.6 is 0 Å². The summed E-state index contributed by atoms with van der Waals surface area (Å²) in [4.78, 5) is 18.1. The van der Waals surface area contributed by atoms with Crippen LogP contribution in [-0.4, -0.2) is 59.8 Å². The van der Waals surface area contributed by atoms with Gasteiger partial charge in [0.1, 0.15) is 10.6 Å². The number of rotatable bonds is 3. The molecule has 3 rings (SSSR count). The van der Waals surface area contributed by atoms with Gasteiger partial charge in [0.25, 0.3) is 5.91 Å². The Morgan fingerprint density at radius 1 is 1.12 bits per heavy atom. The van der Waals surface area contributed by atoms with Gasteiger partial charge in [0.15, 0.2) is 5.76 Å². The average Bonchev–Trinajstić information content (AvgIpc) is 2.94. The maximum atomic E-state index is 12.8. The lowest BCUT2D eigenvalue weighted by atomic mass is 10.2. The van der Waals surface area contributed by atoms with Crippen LogP contribution in [0, 0.1) is 13.8 Å². The second-order valence-corrected chi connectivity index (χ2v) is 7.46. The molecule has 0 unspecified atom stereocenters. The molecule has 0 N–H and O–H groups in total. The Hall–Kier alpha value is -2.26. The first kappa shape index (κ1) is 16.6. The van der Waals surface area contributed by atoms with Crippen molar-refractivity contribution in [3.8, 4) is 0 Å². The van der Waals surface area contributed by atoms with Crippen LogP contribution in [0.4, 0.5) is 0 Å². The maximum absolute atomic E-state index is 12.8. The molecule has 24 heavy (non-hydrogen) atoms. The number of carbonyl (C=O) groups excluding carboxylic acids is 1. The Bertz CT molecular complexity index is 820. The Balaban J connectivity index is 1.72. The zero-order valence-corrected chi connectivity index (χ0v) is 14.3. The lowest BCUT2D eigenvalue weighted by molar-refractivity contribution is 0.0697. The molecule has 8 nitrogen and oxygen atoms in total. The largest absolute Gasteiger partial charge is 0.360 e. The fraction of sp³-hybridized carbons (Fsp3) is 0.400. The van der Waals surface area contributed by atoms with Gasteiger partial charge in [-0.2, -0.15) is 4.31 Å². The van der Waals surface area contributed by atoms with E-state index in [1.165, 1.54) is 4.31 Å². The minimum atomic E-state index is -3.66. The fourth-order valence-electron chi connectivity index (χ4n) is 2.78. The van der Waals surface area contributed by atoms with Crippen molar-refractivity contribution in [1.82, 2.24) is 19.3 Å². The van der Waals surface area contributed by atoms with Crippen LogP contribution in [0.15, 0.2) is 33.9 Å². The van der Waals surface area contributed by atoms with Crippen molar-refractivity contribution < 1.29 is 17.7 Å². The summed E-state index contributed by atoms with van der Waals surface area (Å²) < 4.78 is 31.8. The summed E-state index contributed by atoms with van der Waals surface area (Å²) >= 11 is 0. The first-order valence-corrected chi connectivity index (χ1v) is 8.97. The van der Waals surface area contributed by atoms with E-state index in [4.69, 9.17) is 4.52 Å². The molecular weight excluding hydrogens is 332 g/mol. The van der Waals surface area contributed by atoms with Crippen molar-refractivity contribution in [2.45, 2.75) is 18.7 Å². The van der Waals surface area contributed by atoms with E-state index < -0.39 is 10.0 Å². The van der Waals surface area contributed by atoms with Crippen LogP contribution in [-0.2, 0) is 10.0 Å². The quantitative estimate of drug-likeness (QED) is 0.813. The van der Waals surface area contributed by atoms with Gasteiger partial charge >= 0.3 is 0 Å². The predicted octanol–water partition coefficient (Wildman–Crippen LogP) is 0.833. The SMILES string of the molecule is Cc1noc(C)c1S(=O)(=O)N1CCN(C(=O)c2ccncc2)CC1. The van der Waals surface area contributed by atoms with Crippen molar-refractivity contribution in [2.75, 3.05) is 26.2 Å². The zero-order chi connectivity index (χ0) is 17.3. The molecular formula is C15H18N4O4S. The zero-order valence-electron chi connectivity index (χ0n) is 13.5. The molecule has 1 saturated heterocycles. The van der Waals surface area contributed by atoms with Gasteiger partial charge in [-0.25, -0.2) is 8.42 Å². The topological polar surface area (TPSA) is 96.6 Å². The van der Waals surface area contributed by atoms with Crippen molar-refractivity contribution in [3.63, 3.8) is 0 Å². The van der Waals surface area contributed by atoms with Crippen molar-refractivity contribution in [1.29, 1.82) is 0 Å². The second-order valence-electron chi connectivity index (χ2n) is 5.59. The number of nitrogens with zero attached hydrogens (tertiary/aromatic N) is 4. The van der Waals surface area contributed by atoms with Gasteiger partial charge in [-0.05, 0) is 26.0 Å². The van der Waals surface area contributed by atoms with Crippen LogP contribution in [0.5, 0.6) is 0 Å². The van der Waals surface area contributed by atoms with E-state index in [0.29, 0.717) is 24.3 Å². The van der Waals surface area contributed by atoms with E-state index in [1.54, 1.807) is 43.3 Å². The van der Waals surface area contributed by atoms with Gasteiger partial charge in [-0.15, -0.1) is 0 Å². The molecule has 2 aromatic heterocycles. The lowest BCUT2D eigenvalue weighted by Crippen LogP contribution is -2.50. The van der Waals surface area contributed by atoms with E-state index in [9.17, 15) is 13.2 Å². The molecule has 1 aliphatic heterocycles. The molecule has 1 amide bonds. The summed E-state index contributed by atoms with van der Waals surface area (Å²) in [6.07, 6.45) is 3.12. The Morgan fingerprint density at radius 3 is 2.29 bits per heavy atom. The predicted molar refractivity (Wildman–Crippen MR) is 84.9 cm³/mol. The summed E-state index contributed by atoms with van der Waals surface area (Å²) in [5.74, 6) is 0.162. The lowest BCUT2D eigenvalue weighted by Gasteiger charge is -2.33. The molecule has 0 aliphatic carbocycles. The fourth-order valence-corrected chi connectivity index (χ4v) is 4.49. The molecule has 0 bridgehead atoms. The molecule has 0 radical (unpaired) electrons. The molecule has 0 atom stereocenters. The average molecular weight is 350 g/mol. The Morgan fingerprint density at radius 2 is 1.75 bits per heavy atom. The van der Waals surface area contributed by atoms with Crippen molar-refractivity contribution in [3.05, 3.63) is 41.5 Å². The number of pyridine rings is 1. The van der Waals surface area contributed by atoms with Gasteiger partial charge in [-0.1, -0.05) is 5.16 Å². The van der Waals surface area contributed by atoms with Gasteiger partial charge in [0, 0.05) is 44.1 Å². The van der Waals surface area contributed by atoms with E-state index in [0.717, 1.165) is 0 Å². The number of aryl methyl sites for hydroxylation is 2. The molecule has 3 heterocycles. The number of amides is 1. The first-order chi connectivity index (χ1) is 11.4. The molecule has 1 fully saturated rings. The molecule has 1 aliphatic rings. The van der Waals surface area contributed by atoms with E-state index in [-0.39, 0.29) is 29.7 Å². The molecule has 9 heteroatoms. The first-order valence-electron chi connectivity index (χ1n) is 7.53. The number of hydrogen-bond donors (Lipinski definition) is 0.